The van der Waals surface area contributed by atoms with E-state index in [4.69, 9.17) is 16.3 Å². The van der Waals surface area contributed by atoms with Gasteiger partial charge in [0.1, 0.15) is 11.6 Å². The molecule has 7 nitrogen and oxygen atoms in total. The van der Waals surface area contributed by atoms with Gasteiger partial charge in [0.05, 0.1) is 11.1 Å². The Morgan fingerprint density at radius 2 is 1.93 bits per heavy atom. The number of amides is 1. The Morgan fingerprint density at radius 1 is 1.13 bits per heavy atom. The van der Waals surface area contributed by atoms with E-state index in [9.17, 15) is 9.59 Å². The van der Waals surface area contributed by atoms with Gasteiger partial charge in [-0.25, -0.2) is 9.97 Å². The second-order valence-corrected chi connectivity index (χ2v) is 6.95. The summed E-state index contributed by atoms with van der Waals surface area (Å²) in [5.41, 5.74) is 1.31. The smallest absolute Gasteiger partial charge is 0.267 e. The monoisotopic (exact) mass is 420 g/mol. The van der Waals surface area contributed by atoms with E-state index in [0.29, 0.717) is 39.0 Å². The predicted molar refractivity (Wildman–Crippen MR) is 115 cm³/mol. The maximum atomic E-state index is 12.9. The van der Waals surface area contributed by atoms with Crippen molar-refractivity contribution in [2.24, 2.45) is 0 Å². The third-order valence-corrected chi connectivity index (χ3v) is 4.64. The van der Waals surface area contributed by atoms with Gasteiger partial charge in [0.15, 0.2) is 12.3 Å². The average Bonchev–Trinajstić information content (AvgIpc) is 2.74. The molecule has 1 N–H and O–H groups in total. The van der Waals surface area contributed by atoms with Crippen molar-refractivity contribution < 1.29 is 9.53 Å². The Hall–Kier alpha value is -3.71. The van der Waals surface area contributed by atoms with Gasteiger partial charge in [0.2, 0.25) is 0 Å². The van der Waals surface area contributed by atoms with Crippen LogP contribution in [0.2, 0.25) is 5.02 Å². The molecule has 1 amide bonds. The standard InChI is InChI=1S/C22H17ClN4O3/c1-14-25-21-19(6-3-11-24-21)22(29)27(14)17-5-2-4-16(12-17)26-20(28)13-30-18-9-7-15(23)8-10-18/h2-12H,13H2,1H3,(H,26,28). The number of ether oxygens (including phenoxy) is 1. The van der Waals surface area contributed by atoms with E-state index in [-0.39, 0.29) is 18.1 Å². The van der Waals surface area contributed by atoms with Gasteiger partial charge in [-0.1, -0.05) is 17.7 Å². The van der Waals surface area contributed by atoms with Crippen LogP contribution in [0.15, 0.2) is 71.7 Å². The third-order valence-electron chi connectivity index (χ3n) is 4.38. The lowest BCUT2D eigenvalue weighted by atomic mass is 10.2. The first kappa shape index (κ1) is 19.6. The van der Waals surface area contributed by atoms with Crippen LogP contribution in [0.5, 0.6) is 5.75 Å². The van der Waals surface area contributed by atoms with Gasteiger partial charge >= 0.3 is 0 Å². The van der Waals surface area contributed by atoms with Gasteiger partial charge in [-0.05, 0) is 61.5 Å². The zero-order chi connectivity index (χ0) is 21.1. The molecule has 4 rings (SSSR count). The topological polar surface area (TPSA) is 86.1 Å². The predicted octanol–water partition coefficient (Wildman–Crippen LogP) is 3.76. The zero-order valence-electron chi connectivity index (χ0n) is 16.0. The highest BCUT2D eigenvalue weighted by molar-refractivity contribution is 6.30. The van der Waals surface area contributed by atoms with Crippen molar-refractivity contribution in [1.29, 1.82) is 0 Å². The highest BCUT2D eigenvalue weighted by Crippen LogP contribution is 2.17. The molecule has 0 atom stereocenters. The molecule has 0 radical (unpaired) electrons. The van der Waals surface area contributed by atoms with Crippen LogP contribution in [0.1, 0.15) is 5.82 Å². The summed E-state index contributed by atoms with van der Waals surface area (Å²) in [6.45, 7) is 1.58. The Balaban J connectivity index is 1.54. The number of carbonyl (C=O) groups excluding carboxylic acids is 1. The number of hydrogen-bond donors (Lipinski definition) is 1. The summed E-state index contributed by atoms with van der Waals surface area (Å²) in [6.07, 6.45) is 1.60. The largest absolute Gasteiger partial charge is 0.484 e. The number of carbonyl (C=O) groups is 1. The first-order valence-electron chi connectivity index (χ1n) is 9.14. The number of aryl methyl sites for hydroxylation is 1. The van der Waals surface area contributed by atoms with Crippen molar-refractivity contribution in [3.63, 3.8) is 0 Å². The van der Waals surface area contributed by atoms with Crippen molar-refractivity contribution in [2.75, 3.05) is 11.9 Å². The molecule has 0 spiro atoms. The van der Waals surface area contributed by atoms with E-state index in [1.807, 2.05) is 0 Å². The highest BCUT2D eigenvalue weighted by Gasteiger charge is 2.11. The molecule has 0 saturated carbocycles. The molecule has 0 bridgehead atoms. The molecule has 2 aromatic carbocycles. The fourth-order valence-corrected chi connectivity index (χ4v) is 3.15. The number of halogens is 1. The fraction of sp³-hybridized carbons (Fsp3) is 0.0909. The maximum absolute atomic E-state index is 12.9. The van der Waals surface area contributed by atoms with Crippen LogP contribution in [-0.4, -0.2) is 27.0 Å². The fourth-order valence-electron chi connectivity index (χ4n) is 3.03. The van der Waals surface area contributed by atoms with Crippen molar-refractivity contribution in [3.05, 3.63) is 88.1 Å². The van der Waals surface area contributed by atoms with Crippen LogP contribution in [0.25, 0.3) is 16.7 Å². The molecular formula is C22H17ClN4O3. The summed E-state index contributed by atoms with van der Waals surface area (Å²) in [5.74, 6) is 0.717. The van der Waals surface area contributed by atoms with Crippen molar-refractivity contribution >= 4 is 34.2 Å². The highest BCUT2D eigenvalue weighted by atomic mass is 35.5. The summed E-state index contributed by atoms with van der Waals surface area (Å²) >= 11 is 5.83. The molecule has 8 heteroatoms. The van der Waals surface area contributed by atoms with E-state index >= 15 is 0 Å². The van der Waals surface area contributed by atoms with Crippen molar-refractivity contribution in [2.45, 2.75) is 6.92 Å². The number of fused-ring (bicyclic) bond motifs is 1. The van der Waals surface area contributed by atoms with E-state index < -0.39 is 0 Å². The maximum Gasteiger partial charge on any atom is 0.267 e. The van der Waals surface area contributed by atoms with Gasteiger partial charge < -0.3 is 10.1 Å². The lowest BCUT2D eigenvalue weighted by Gasteiger charge is -2.12. The number of nitrogens with zero attached hydrogens (tertiary/aromatic N) is 3. The molecule has 0 aliphatic heterocycles. The number of anilines is 1. The number of aromatic nitrogens is 3. The third kappa shape index (κ3) is 4.16. The number of nitrogens with one attached hydrogen (secondary N) is 1. The van der Waals surface area contributed by atoms with Gasteiger partial charge in [-0.15, -0.1) is 0 Å². The number of pyridine rings is 1. The lowest BCUT2D eigenvalue weighted by molar-refractivity contribution is -0.118. The normalized spacial score (nSPS) is 10.7. The summed E-state index contributed by atoms with van der Waals surface area (Å²) < 4.78 is 6.94. The SMILES string of the molecule is Cc1nc2ncccc2c(=O)n1-c1cccc(NC(=O)COc2ccc(Cl)cc2)c1. The minimum Gasteiger partial charge on any atom is -0.484 e. The first-order valence-corrected chi connectivity index (χ1v) is 9.52. The van der Waals surface area contributed by atoms with E-state index in [2.05, 4.69) is 15.3 Å². The molecule has 150 valence electrons. The van der Waals surface area contributed by atoms with Crippen LogP contribution in [0.4, 0.5) is 5.69 Å². The van der Waals surface area contributed by atoms with Gasteiger partial charge in [-0.3, -0.25) is 14.2 Å². The van der Waals surface area contributed by atoms with Crippen LogP contribution in [0, 0.1) is 6.92 Å². The van der Waals surface area contributed by atoms with Crippen molar-refractivity contribution in [1.82, 2.24) is 14.5 Å². The van der Waals surface area contributed by atoms with Crippen LogP contribution in [-0.2, 0) is 4.79 Å². The molecule has 2 heterocycles. The second-order valence-electron chi connectivity index (χ2n) is 6.52. The molecular weight excluding hydrogens is 404 g/mol. The number of benzene rings is 2. The van der Waals surface area contributed by atoms with Gasteiger partial charge in [0, 0.05) is 16.9 Å². The molecule has 0 aliphatic rings. The molecule has 2 aromatic heterocycles. The molecule has 0 aliphatic carbocycles. The minimum atomic E-state index is -0.327. The minimum absolute atomic E-state index is 0.159. The number of rotatable bonds is 5. The van der Waals surface area contributed by atoms with Crippen LogP contribution in [0.3, 0.4) is 0 Å². The molecule has 30 heavy (non-hydrogen) atoms. The summed E-state index contributed by atoms with van der Waals surface area (Å²) in [6, 6.07) is 17.1. The molecule has 0 saturated heterocycles. The van der Waals surface area contributed by atoms with Gasteiger partial charge in [-0.2, -0.15) is 0 Å². The lowest BCUT2D eigenvalue weighted by Crippen LogP contribution is -2.23. The van der Waals surface area contributed by atoms with E-state index in [1.165, 1.54) is 4.57 Å². The Kier molecular flexibility index (Phi) is 5.45. The Bertz CT molecular complexity index is 1290. The van der Waals surface area contributed by atoms with Crippen molar-refractivity contribution in [3.8, 4) is 11.4 Å². The summed E-state index contributed by atoms with van der Waals surface area (Å²) in [4.78, 5) is 33.7. The van der Waals surface area contributed by atoms with Gasteiger partial charge in [0.25, 0.3) is 11.5 Å². The second kappa shape index (κ2) is 8.34. The first-order chi connectivity index (χ1) is 14.5. The van der Waals surface area contributed by atoms with E-state index in [0.717, 1.165) is 0 Å². The quantitative estimate of drug-likeness (QED) is 0.531. The summed E-state index contributed by atoms with van der Waals surface area (Å²) in [5, 5.41) is 3.79. The summed E-state index contributed by atoms with van der Waals surface area (Å²) in [7, 11) is 0. The zero-order valence-corrected chi connectivity index (χ0v) is 16.8. The van der Waals surface area contributed by atoms with Crippen LogP contribution >= 0.6 is 11.6 Å². The van der Waals surface area contributed by atoms with Crippen LogP contribution < -0.4 is 15.6 Å². The molecule has 4 aromatic rings. The Morgan fingerprint density at radius 3 is 2.73 bits per heavy atom. The van der Waals surface area contributed by atoms with E-state index in [1.54, 1.807) is 73.8 Å². The number of hydrogen-bond acceptors (Lipinski definition) is 5. The average molecular weight is 421 g/mol. The Labute approximate surface area is 176 Å². The molecule has 0 fully saturated rings. The molecule has 0 unspecified atom stereocenters.